The van der Waals surface area contributed by atoms with E-state index in [9.17, 15) is 9.59 Å². The lowest BCUT2D eigenvalue weighted by Gasteiger charge is -2.31. The van der Waals surface area contributed by atoms with Crippen molar-refractivity contribution in [3.63, 3.8) is 0 Å². The number of rotatable bonds is 9. The third-order valence-corrected chi connectivity index (χ3v) is 8.41. The molecule has 2 amide bonds. The molecule has 41 heavy (non-hydrogen) atoms. The van der Waals surface area contributed by atoms with Crippen molar-refractivity contribution in [2.45, 2.75) is 17.5 Å². The second-order valence-corrected chi connectivity index (χ2v) is 10.6. The minimum absolute atomic E-state index is 0.227. The summed E-state index contributed by atoms with van der Waals surface area (Å²) in [4.78, 5) is 30.0. The Hall–Kier alpha value is -4.43. The lowest BCUT2D eigenvalue weighted by molar-refractivity contribution is -0.125. The number of thioether (sulfide) groups is 1. The molecule has 0 saturated carbocycles. The predicted octanol–water partition coefficient (Wildman–Crippen LogP) is 5.87. The molecule has 4 aromatic rings. The molecule has 0 spiro atoms. The summed E-state index contributed by atoms with van der Waals surface area (Å²) in [6, 6.07) is 31.6. The van der Waals surface area contributed by atoms with Gasteiger partial charge in [-0.1, -0.05) is 91.0 Å². The average Bonchev–Trinajstić information content (AvgIpc) is 3.49. The zero-order valence-electron chi connectivity index (χ0n) is 23.2. The summed E-state index contributed by atoms with van der Waals surface area (Å²) in [5, 5.41) is 2.89. The minimum Gasteiger partial charge on any atom is -0.493 e. The van der Waals surface area contributed by atoms with E-state index in [1.54, 1.807) is 28.8 Å². The summed E-state index contributed by atoms with van der Waals surface area (Å²) in [6.07, 6.45) is 0. The smallest absolute Gasteiger partial charge is 0.256 e. The van der Waals surface area contributed by atoms with Crippen molar-refractivity contribution in [2.24, 2.45) is 0 Å². The van der Waals surface area contributed by atoms with Gasteiger partial charge in [0.25, 0.3) is 5.91 Å². The first-order valence-electron chi connectivity index (χ1n) is 13.2. The van der Waals surface area contributed by atoms with Crippen molar-refractivity contribution in [3.8, 4) is 17.2 Å². The van der Waals surface area contributed by atoms with E-state index in [1.165, 1.54) is 21.3 Å². The van der Waals surface area contributed by atoms with Crippen LogP contribution in [0.3, 0.4) is 0 Å². The van der Waals surface area contributed by atoms with Gasteiger partial charge in [-0.3, -0.25) is 9.59 Å². The molecule has 1 fully saturated rings. The van der Waals surface area contributed by atoms with Gasteiger partial charge in [-0.25, -0.2) is 0 Å². The molecule has 7 nitrogen and oxygen atoms in total. The fourth-order valence-corrected chi connectivity index (χ4v) is 6.50. The first-order chi connectivity index (χ1) is 20.0. The highest BCUT2D eigenvalue weighted by Gasteiger charge is 2.43. The summed E-state index contributed by atoms with van der Waals surface area (Å²) in [7, 11) is 4.53. The van der Waals surface area contributed by atoms with Gasteiger partial charge in [-0.05, 0) is 28.8 Å². The summed E-state index contributed by atoms with van der Waals surface area (Å²) in [6.45, 7) is 0. The molecule has 1 heterocycles. The fraction of sp³-hybridized carbons (Fsp3) is 0.212. The van der Waals surface area contributed by atoms with Crippen LogP contribution < -0.4 is 19.5 Å². The first kappa shape index (κ1) is 28.1. The summed E-state index contributed by atoms with van der Waals surface area (Å²) in [5.41, 5.74) is 3.19. The van der Waals surface area contributed by atoms with E-state index in [-0.39, 0.29) is 23.2 Å². The van der Waals surface area contributed by atoms with Gasteiger partial charge < -0.3 is 24.4 Å². The van der Waals surface area contributed by atoms with Crippen LogP contribution in [0, 0.1) is 0 Å². The van der Waals surface area contributed by atoms with Gasteiger partial charge in [0.2, 0.25) is 11.7 Å². The van der Waals surface area contributed by atoms with Crippen LogP contribution in [0.25, 0.3) is 0 Å². The summed E-state index contributed by atoms with van der Waals surface area (Å²) >= 11 is 1.57. The van der Waals surface area contributed by atoms with E-state index in [0.717, 1.165) is 16.7 Å². The van der Waals surface area contributed by atoms with Crippen molar-refractivity contribution < 1.29 is 23.8 Å². The van der Waals surface area contributed by atoms with Crippen molar-refractivity contribution in [1.29, 1.82) is 0 Å². The van der Waals surface area contributed by atoms with Crippen LogP contribution in [-0.4, -0.2) is 49.8 Å². The van der Waals surface area contributed by atoms with E-state index in [0.29, 0.717) is 28.6 Å². The van der Waals surface area contributed by atoms with Crippen molar-refractivity contribution in [3.05, 3.63) is 125 Å². The van der Waals surface area contributed by atoms with Gasteiger partial charge in [0.05, 0.1) is 27.4 Å². The van der Waals surface area contributed by atoms with E-state index >= 15 is 0 Å². The largest absolute Gasteiger partial charge is 0.493 e. The minimum atomic E-state index is -0.716. The highest BCUT2D eigenvalue weighted by atomic mass is 32.2. The normalized spacial score (nSPS) is 16.3. The number of amides is 2. The first-order valence-corrected chi connectivity index (χ1v) is 14.3. The highest BCUT2D eigenvalue weighted by Crippen LogP contribution is 2.44. The van der Waals surface area contributed by atoms with Gasteiger partial charge in [0.1, 0.15) is 11.4 Å². The van der Waals surface area contributed by atoms with Crippen LogP contribution in [0.5, 0.6) is 17.2 Å². The van der Waals surface area contributed by atoms with Crippen LogP contribution in [0.2, 0.25) is 0 Å². The number of nitrogens with one attached hydrogen (secondary N) is 1. The van der Waals surface area contributed by atoms with Crippen LogP contribution in [0.15, 0.2) is 103 Å². The van der Waals surface area contributed by atoms with E-state index in [1.807, 2.05) is 91.0 Å². The number of carbonyl (C=O) groups is 2. The maximum absolute atomic E-state index is 14.3. The molecular weight excluding hydrogens is 536 g/mol. The Balaban J connectivity index is 1.53. The quantitative estimate of drug-likeness (QED) is 0.272. The highest BCUT2D eigenvalue weighted by molar-refractivity contribution is 7.99. The van der Waals surface area contributed by atoms with Gasteiger partial charge in [-0.15, -0.1) is 11.8 Å². The lowest BCUT2D eigenvalue weighted by Crippen LogP contribution is -2.49. The third kappa shape index (κ3) is 5.88. The maximum atomic E-state index is 14.3. The van der Waals surface area contributed by atoms with Gasteiger partial charge in [0.15, 0.2) is 11.5 Å². The molecule has 0 radical (unpaired) electrons. The number of hydrogen-bond donors (Lipinski definition) is 1. The van der Waals surface area contributed by atoms with Gasteiger partial charge >= 0.3 is 0 Å². The molecule has 2 atom stereocenters. The van der Waals surface area contributed by atoms with Crippen LogP contribution in [0.4, 0.5) is 0 Å². The number of hydrogen-bond acceptors (Lipinski definition) is 6. The van der Waals surface area contributed by atoms with E-state index in [2.05, 4.69) is 5.32 Å². The molecular formula is C33H32N2O5S. The summed E-state index contributed by atoms with van der Waals surface area (Å²) < 4.78 is 16.5. The SMILES string of the molecule is COc1cc(C(=O)N2C(C(=O)NC(c3ccccc3)c3ccccc3)CSC2c2ccccc2)cc(OC)c1OC. The Morgan fingerprint density at radius 3 is 1.78 bits per heavy atom. The summed E-state index contributed by atoms with van der Waals surface area (Å²) in [5.74, 6) is 1.04. The lowest BCUT2D eigenvalue weighted by atomic mass is 9.98. The van der Waals surface area contributed by atoms with Crippen LogP contribution in [0.1, 0.15) is 38.5 Å². The molecule has 4 aromatic carbocycles. The zero-order chi connectivity index (χ0) is 28.8. The number of benzene rings is 4. The Kier molecular flexibility index (Phi) is 8.79. The molecule has 5 rings (SSSR count). The number of nitrogens with zero attached hydrogens (tertiary/aromatic N) is 1. The molecule has 0 bridgehead atoms. The number of carbonyl (C=O) groups excluding carboxylic acids is 2. The topological polar surface area (TPSA) is 77.1 Å². The van der Waals surface area contributed by atoms with Crippen molar-refractivity contribution in [2.75, 3.05) is 27.1 Å². The van der Waals surface area contributed by atoms with E-state index in [4.69, 9.17) is 14.2 Å². The molecule has 1 aliphatic rings. The molecule has 1 aliphatic heterocycles. The van der Waals surface area contributed by atoms with Crippen molar-refractivity contribution in [1.82, 2.24) is 10.2 Å². The maximum Gasteiger partial charge on any atom is 0.256 e. The second kappa shape index (κ2) is 12.8. The number of ether oxygens (including phenoxy) is 3. The molecule has 1 N–H and O–H groups in total. The standard InChI is InChI=1S/C33H32N2O5S/c1-38-27-19-25(20-28(39-2)30(27)40-3)32(37)35-26(21-41-33(35)24-17-11-6-12-18-24)31(36)34-29(22-13-7-4-8-14-22)23-15-9-5-10-16-23/h4-20,26,29,33H,21H2,1-3H3,(H,34,36). The Morgan fingerprint density at radius 1 is 0.780 bits per heavy atom. The van der Waals surface area contributed by atoms with E-state index < -0.39 is 6.04 Å². The molecule has 210 valence electrons. The third-order valence-electron chi connectivity index (χ3n) is 7.09. The van der Waals surface area contributed by atoms with Crippen LogP contribution in [-0.2, 0) is 4.79 Å². The van der Waals surface area contributed by atoms with Gasteiger partial charge in [-0.2, -0.15) is 0 Å². The fourth-order valence-electron chi connectivity index (χ4n) is 5.07. The molecule has 2 unspecified atom stereocenters. The predicted molar refractivity (Wildman–Crippen MR) is 161 cm³/mol. The molecule has 8 heteroatoms. The molecule has 1 saturated heterocycles. The van der Waals surface area contributed by atoms with Crippen molar-refractivity contribution >= 4 is 23.6 Å². The monoisotopic (exact) mass is 568 g/mol. The Bertz CT molecular complexity index is 1420. The zero-order valence-corrected chi connectivity index (χ0v) is 24.0. The molecule has 0 aliphatic carbocycles. The molecule has 0 aromatic heterocycles. The Labute approximate surface area is 244 Å². The average molecular weight is 569 g/mol. The van der Waals surface area contributed by atoms with Gasteiger partial charge in [0, 0.05) is 11.3 Å². The second-order valence-electron chi connectivity index (χ2n) is 9.50. The Morgan fingerprint density at radius 2 is 1.29 bits per heavy atom. The van der Waals surface area contributed by atoms with Crippen LogP contribution >= 0.6 is 11.8 Å². The number of methoxy groups -OCH3 is 3.